The standard InChI is InChI=1S/C11H15F3N2OS/c1-7(11(12,13)14)17-5-9-6-18-10(16-9)4-15-8-2-3-8/h6-8,15H,2-5H2,1H3. The van der Waals surface area contributed by atoms with Crippen LogP contribution in [0.1, 0.15) is 30.5 Å². The van der Waals surface area contributed by atoms with Gasteiger partial charge in [-0.15, -0.1) is 11.3 Å². The van der Waals surface area contributed by atoms with Gasteiger partial charge in [-0.3, -0.25) is 0 Å². The highest BCUT2D eigenvalue weighted by Gasteiger charge is 2.36. The van der Waals surface area contributed by atoms with Crippen molar-refractivity contribution in [1.82, 2.24) is 10.3 Å². The average molecular weight is 280 g/mol. The van der Waals surface area contributed by atoms with Crippen LogP contribution in [0.3, 0.4) is 0 Å². The summed E-state index contributed by atoms with van der Waals surface area (Å²) in [4.78, 5) is 4.23. The third-order valence-electron chi connectivity index (χ3n) is 2.66. The Bertz CT molecular complexity index is 390. The number of halogens is 3. The zero-order chi connectivity index (χ0) is 13.2. The number of rotatable bonds is 6. The van der Waals surface area contributed by atoms with Gasteiger partial charge in [0.15, 0.2) is 6.10 Å². The van der Waals surface area contributed by atoms with Crippen molar-refractivity contribution in [3.05, 3.63) is 16.1 Å². The van der Waals surface area contributed by atoms with Crippen LogP contribution in [-0.4, -0.2) is 23.3 Å². The highest BCUT2D eigenvalue weighted by Crippen LogP contribution is 2.24. The van der Waals surface area contributed by atoms with Gasteiger partial charge in [-0.2, -0.15) is 13.2 Å². The van der Waals surface area contributed by atoms with Crippen LogP contribution in [0.25, 0.3) is 0 Å². The molecule has 1 aliphatic rings. The molecule has 0 spiro atoms. The van der Waals surface area contributed by atoms with E-state index < -0.39 is 12.3 Å². The molecule has 1 heterocycles. The summed E-state index contributed by atoms with van der Waals surface area (Å²) in [5.74, 6) is 0. The lowest BCUT2D eigenvalue weighted by Crippen LogP contribution is -2.28. The van der Waals surface area contributed by atoms with Crippen molar-refractivity contribution in [1.29, 1.82) is 0 Å². The number of nitrogens with one attached hydrogen (secondary N) is 1. The maximum atomic E-state index is 12.2. The molecule has 1 atom stereocenters. The SMILES string of the molecule is CC(OCc1csc(CNC2CC2)n1)C(F)(F)F. The third-order valence-corrected chi connectivity index (χ3v) is 3.56. The van der Waals surface area contributed by atoms with Crippen molar-refractivity contribution in [3.8, 4) is 0 Å². The predicted molar refractivity (Wildman–Crippen MR) is 62.3 cm³/mol. The molecule has 0 bridgehead atoms. The summed E-state index contributed by atoms with van der Waals surface area (Å²) in [6.45, 7) is 1.59. The van der Waals surface area contributed by atoms with E-state index in [0.717, 1.165) is 11.9 Å². The molecule has 18 heavy (non-hydrogen) atoms. The van der Waals surface area contributed by atoms with Gasteiger partial charge in [-0.1, -0.05) is 0 Å². The molecular weight excluding hydrogens is 265 g/mol. The average Bonchev–Trinajstić information content (AvgIpc) is 3.01. The molecule has 1 aromatic heterocycles. The molecule has 1 fully saturated rings. The summed E-state index contributed by atoms with van der Waals surface area (Å²) in [5.41, 5.74) is 0.559. The minimum Gasteiger partial charge on any atom is -0.363 e. The quantitative estimate of drug-likeness (QED) is 0.870. The lowest BCUT2D eigenvalue weighted by molar-refractivity contribution is -0.217. The summed E-state index contributed by atoms with van der Waals surface area (Å²) >= 11 is 1.44. The first-order chi connectivity index (χ1) is 8.45. The molecule has 0 saturated heterocycles. The molecule has 0 aromatic carbocycles. The molecule has 102 valence electrons. The van der Waals surface area contributed by atoms with E-state index in [9.17, 15) is 13.2 Å². The zero-order valence-corrected chi connectivity index (χ0v) is 10.8. The maximum Gasteiger partial charge on any atom is 0.414 e. The van der Waals surface area contributed by atoms with Gasteiger partial charge in [0.25, 0.3) is 0 Å². The molecule has 0 amide bonds. The second kappa shape index (κ2) is 5.54. The Kier molecular flexibility index (Phi) is 4.24. The van der Waals surface area contributed by atoms with E-state index >= 15 is 0 Å². The summed E-state index contributed by atoms with van der Waals surface area (Å²) in [6.07, 6.45) is -3.67. The van der Waals surface area contributed by atoms with Gasteiger partial charge < -0.3 is 10.1 Å². The number of ether oxygens (including phenoxy) is 1. The first-order valence-electron chi connectivity index (χ1n) is 5.80. The molecule has 1 saturated carbocycles. The van der Waals surface area contributed by atoms with Crippen LogP contribution in [0.5, 0.6) is 0 Å². The zero-order valence-electron chi connectivity index (χ0n) is 9.96. The summed E-state index contributed by atoms with van der Waals surface area (Å²) < 4.78 is 41.4. The number of thiazole rings is 1. The molecule has 1 aromatic rings. The number of alkyl halides is 3. The molecule has 0 aliphatic heterocycles. The van der Waals surface area contributed by atoms with Crippen molar-refractivity contribution in [2.45, 2.75) is 51.2 Å². The van der Waals surface area contributed by atoms with Crippen LogP contribution >= 0.6 is 11.3 Å². The smallest absolute Gasteiger partial charge is 0.363 e. The summed E-state index contributed by atoms with van der Waals surface area (Å²) in [6, 6.07) is 0.596. The lowest BCUT2D eigenvalue weighted by atomic mass is 10.4. The largest absolute Gasteiger partial charge is 0.414 e. The topological polar surface area (TPSA) is 34.1 Å². The normalized spacial score (nSPS) is 18.0. The molecular formula is C11H15F3N2OS. The number of hydrogen-bond acceptors (Lipinski definition) is 4. The van der Waals surface area contributed by atoms with E-state index in [0.29, 0.717) is 18.3 Å². The van der Waals surface area contributed by atoms with Crippen LogP contribution in [0.2, 0.25) is 0 Å². The van der Waals surface area contributed by atoms with Crippen molar-refractivity contribution >= 4 is 11.3 Å². The maximum absolute atomic E-state index is 12.2. The molecule has 7 heteroatoms. The van der Waals surface area contributed by atoms with Crippen LogP contribution < -0.4 is 5.32 Å². The van der Waals surface area contributed by atoms with Gasteiger partial charge in [0.05, 0.1) is 12.3 Å². The number of aromatic nitrogens is 1. The van der Waals surface area contributed by atoms with Gasteiger partial charge in [0.1, 0.15) is 5.01 Å². The molecule has 1 aliphatic carbocycles. The fraction of sp³-hybridized carbons (Fsp3) is 0.727. The summed E-state index contributed by atoms with van der Waals surface area (Å²) in [5, 5.41) is 5.93. The van der Waals surface area contributed by atoms with Crippen molar-refractivity contribution < 1.29 is 17.9 Å². The Balaban J connectivity index is 1.75. The van der Waals surface area contributed by atoms with Crippen LogP contribution in [0, 0.1) is 0 Å². The van der Waals surface area contributed by atoms with E-state index in [2.05, 4.69) is 10.3 Å². The van der Waals surface area contributed by atoms with Crippen LogP contribution in [0.4, 0.5) is 13.2 Å². The fourth-order valence-electron chi connectivity index (χ4n) is 1.32. The molecule has 3 nitrogen and oxygen atoms in total. The number of nitrogens with zero attached hydrogens (tertiary/aromatic N) is 1. The van der Waals surface area contributed by atoms with Gasteiger partial charge >= 0.3 is 6.18 Å². The van der Waals surface area contributed by atoms with Gasteiger partial charge in [0.2, 0.25) is 0 Å². The monoisotopic (exact) mass is 280 g/mol. The van der Waals surface area contributed by atoms with E-state index in [-0.39, 0.29) is 6.61 Å². The summed E-state index contributed by atoms with van der Waals surface area (Å²) in [7, 11) is 0. The Hall–Kier alpha value is -0.660. The highest BCUT2D eigenvalue weighted by atomic mass is 32.1. The molecule has 1 unspecified atom stereocenters. The Morgan fingerprint density at radius 2 is 2.28 bits per heavy atom. The molecule has 0 radical (unpaired) electrons. The van der Waals surface area contributed by atoms with Gasteiger partial charge in [0, 0.05) is 18.0 Å². The second-order valence-corrected chi connectivity index (χ2v) is 5.33. The van der Waals surface area contributed by atoms with E-state index in [1.54, 1.807) is 5.38 Å². The Morgan fingerprint density at radius 1 is 1.56 bits per heavy atom. The predicted octanol–water partition coefficient (Wildman–Crippen LogP) is 2.86. The molecule has 2 rings (SSSR count). The first-order valence-corrected chi connectivity index (χ1v) is 6.68. The highest BCUT2D eigenvalue weighted by molar-refractivity contribution is 7.09. The lowest BCUT2D eigenvalue weighted by Gasteiger charge is -2.15. The Labute approximate surface area is 107 Å². The second-order valence-electron chi connectivity index (χ2n) is 4.38. The van der Waals surface area contributed by atoms with E-state index in [1.165, 1.54) is 24.2 Å². The molecule has 1 N–H and O–H groups in total. The van der Waals surface area contributed by atoms with Gasteiger partial charge in [-0.25, -0.2) is 4.98 Å². The van der Waals surface area contributed by atoms with Crippen LogP contribution in [0.15, 0.2) is 5.38 Å². The van der Waals surface area contributed by atoms with E-state index in [1.807, 2.05) is 0 Å². The minimum atomic E-state index is -4.31. The Morgan fingerprint density at radius 3 is 2.89 bits per heavy atom. The van der Waals surface area contributed by atoms with Crippen molar-refractivity contribution in [2.75, 3.05) is 0 Å². The van der Waals surface area contributed by atoms with E-state index in [4.69, 9.17) is 4.74 Å². The number of hydrogen-bond donors (Lipinski definition) is 1. The van der Waals surface area contributed by atoms with Gasteiger partial charge in [-0.05, 0) is 19.8 Å². The first kappa shape index (κ1) is 13.8. The van der Waals surface area contributed by atoms with Crippen LogP contribution in [-0.2, 0) is 17.9 Å². The van der Waals surface area contributed by atoms with Crippen molar-refractivity contribution in [2.24, 2.45) is 0 Å². The minimum absolute atomic E-state index is 0.0966. The third kappa shape index (κ3) is 4.22. The van der Waals surface area contributed by atoms with Crippen molar-refractivity contribution in [3.63, 3.8) is 0 Å². The fourth-order valence-corrected chi connectivity index (χ4v) is 2.05.